The van der Waals surface area contributed by atoms with Crippen LogP contribution in [-0.4, -0.2) is 22.9 Å². The summed E-state index contributed by atoms with van der Waals surface area (Å²) in [5, 5.41) is 10.7. The van der Waals surface area contributed by atoms with Crippen LogP contribution in [0.1, 0.15) is 38.7 Å². The molecule has 1 aromatic rings. The van der Waals surface area contributed by atoms with Crippen molar-refractivity contribution in [2.45, 2.75) is 50.7 Å². The fourth-order valence-corrected chi connectivity index (χ4v) is 2.73. The summed E-state index contributed by atoms with van der Waals surface area (Å²) in [6.45, 7) is 4.48. The first kappa shape index (κ1) is 14.4. The number of hydrogen-bond acceptors (Lipinski definition) is 2. The highest BCUT2D eigenvalue weighted by Gasteiger charge is 2.41. The fraction of sp³-hybridized carbons (Fsp3) is 0.600. The molecule has 1 aromatic carbocycles. The van der Waals surface area contributed by atoms with Crippen LogP contribution in [0.25, 0.3) is 0 Å². The van der Waals surface area contributed by atoms with E-state index >= 15 is 0 Å². The first-order valence-electron chi connectivity index (χ1n) is 6.66. The van der Waals surface area contributed by atoms with E-state index in [2.05, 4.69) is 0 Å². The zero-order chi connectivity index (χ0) is 14.1. The van der Waals surface area contributed by atoms with Crippen molar-refractivity contribution < 1.29 is 18.6 Å². The Labute approximate surface area is 112 Å². The van der Waals surface area contributed by atoms with Crippen molar-refractivity contribution >= 4 is 0 Å². The molecule has 1 N–H and O–H groups in total. The van der Waals surface area contributed by atoms with Gasteiger partial charge in [-0.3, -0.25) is 0 Å². The molecule has 4 heteroatoms. The van der Waals surface area contributed by atoms with Crippen molar-refractivity contribution in [3.05, 3.63) is 35.4 Å². The number of halogens is 2. The molecule has 0 spiro atoms. The van der Waals surface area contributed by atoms with E-state index in [1.807, 2.05) is 13.8 Å². The topological polar surface area (TPSA) is 29.5 Å². The van der Waals surface area contributed by atoms with Gasteiger partial charge in [-0.2, -0.15) is 0 Å². The molecule has 1 aliphatic heterocycles. The van der Waals surface area contributed by atoms with Crippen LogP contribution < -0.4 is 0 Å². The van der Waals surface area contributed by atoms with Crippen LogP contribution >= 0.6 is 0 Å². The Balaban J connectivity index is 2.14. The van der Waals surface area contributed by atoms with Crippen molar-refractivity contribution in [2.75, 3.05) is 6.61 Å². The van der Waals surface area contributed by atoms with Gasteiger partial charge in [-0.25, -0.2) is 8.78 Å². The van der Waals surface area contributed by atoms with E-state index < -0.39 is 17.2 Å². The Morgan fingerprint density at radius 1 is 1.32 bits per heavy atom. The molecule has 1 aliphatic rings. The molecule has 19 heavy (non-hydrogen) atoms. The van der Waals surface area contributed by atoms with Crippen LogP contribution in [0.3, 0.4) is 0 Å². The molecule has 0 bridgehead atoms. The SMILES string of the molecule is CCC1(C)CC(O)(Cc2ccc(F)c(F)c2)CCO1. The molecule has 1 heterocycles. The van der Waals surface area contributed by atoms with Crippen molar-refractivity contribution in [3.63, 3.8) is 0 Å². The van der Waals surface area contributed by atoms with Crippen LogP contribution in [0, 0.1) is 11.6 Å². The summed E-state index contributed by atoms with van der Waals surface area (Å²) in [6, 6.07) is 3.79. The molecule has 0 amide bonds. The molecule has 0 aromatic heterocycles. The van der Waals surface area contributed by atoms with Gasteiger partial charge in [0.15, 0.2) is 11.6 Å². The maximum atomic E-state index is 13.2. The zero-order valence-electron chi connectivity index (χ0n) is 11.4. The lowest BCUT2D eigenvalue weighted by Gasteiger charge is -2.43. The summed E-state index contributed by atoms with van der Waals surface area (Å²) < 4.78 is 31.8. The lowest BCUT2D eigenvalue weighted by molar-refractivity contribution is -0.152. The van der Waals surface area contributed by atoms with E-state index in [1.54, 1.807) is 0 Å². The van der Waals surface area contributed by atoms with Gasteiger partial charge in [0, 0.05) is 12.8 Å². The summed E-state index contributed by atoms with van der Waals surface area (Å²) in [4.78, 5) is 0. The second-order valence-electron chi connectivity index (χ2n) is 5.73. The molecule has 2 atom stereocenters. The van der Waals surface area contributed by atoms with Crippen molar-refractivity contribution in [1.29, 1.82) is 0 Å². The van der Waals surface area contributed by atoms with Gasteiger partial charge in [0.1, 0.15) is 0 Å². The molecule has 1 fully saturated rings. The second-order valence-corrected chi connectivity index (χ2v) is 5.73. The highest BCUT2D eigenvalue weighted by Crippen LogP contribution is 2.36. The summed E-state index contributed by atoms with van der Waals surface area (Å²) in [7, 11) is 0. The van der Waals surface area contributed by atoms with E-state index in [4.69, 9.17) is 4.74 Å². The summed E-state index contributed by atoms with van der Waals surface area (Å²) in [5.41, 5.74) is -0.638. The third-order valence-electron chi connectivity index (χ3n) is 3.99. The van der Waals surface area contributed by atoms with E-state index in [-0.39, 0.29) is 5.60 Å². The molecule has 2 nitrogen and oxygen atoms in total. The molecule has 0 saturated carbocycles. The molecule has 2 unspecified atom stereocenters. The lowest BCUT2D eigenvalue weighted by Crippen LogP contribution is -2.48. The highest BCUT2D eigenvalue weighted by molar-refractivity contribution is 5.20. The monoisotopic (exact) mass is 270 g/mol. The lowest BCUT2D eigenvalue weighted by atomic mass is 9.78. The third kappa shape index (κ3) is 3.31. The number of hydrogen-bond donors (Lipinski definition) is 1. The minimum atomic E-state index is -0.909. The van der Waals surface area contributed by atoms with Crippen molar-refractivity contribution in [1.82, 2.24) is 0 Å². The predicted molar refractivity (Wildman–Crippen MR) is 68.9 cm³/mol. The summed E-state index contributed by atoms with van der Waals surface area (Å²) >= 11 is 0. The van der Waals surface area contributed by atoms with Crippen LogP contribution in [0.4, 0.5) is 8.78 Å². The number of aliphatic hydroxyl groups is 1. The molecule has 106 valence electrons. The van der Waals surface area contributed by atoms with Gasteiger partial charge in [0.2, 0.25) is 0 Å². The van der Waals surface area contributed by atoms with Crippen LogP contribution in [0.2, 0.25) is 0 Å². The Hall–Kier alpha value is -1.00. The first-order valence-corrected chi connectivity index (χ1v) is 6.66. The zero-order valence-corrected chi connectivity index (χ0v) is 11.4. The average molecular weight is 270 g/mol. The Bertz CT molecular complexity index is 463. The minimum Gasteiger partial charge on any atom is -0.389 e. The first-order chi connectivity index (χ1) is 8.86. The molecule has 1 saturated heterocycles. The minimum absolute atomic E-state index is 0.323. The van der Waals surface area contributed by atoms with Gasteiger partial charge in [0.05, 0.1) is 17.8 Å². The van der Waals surface area contributed by atoms with Gasteiger partial charge in [0.25, 0.3) is 0 Å². The third-order valence-corrected chi connectivity index (χ3v) is 3.99. The fourth-order valence-electron chi connectivity index (χ4n) is 2.73. The second kappa shape index (κ2) is 5.17. The largest absolute Gasteiger partial charge is 0.389 e. The Morgan fingerprint density at radius 3 is 2.68 bits per heavy atom. The molecular weight excluding hydrogens is 250 g/mol. The maximum absolute atomic E-state index is 13.2. The molecule has 0 radical (unpaired) electrons. The number of rotatable bonds is 3. The van der Waals surface area contributed by atoms with E-state index in [1.165, 1.54) is 6.07 Å². The Kier molecular flexibility index (Phi) is 3.92. The number of benzene rings is 1. The quantitative estimate of drug-likeness (QED) is 0.913. The smallest absolute Gasteiger partial charge is 0.159 e. The van der Waals surface area contributed by atoms with Crippen LogP contribution in [0.15, 0.2) is 18.2 Å². The predicted octanol–water partition coefficient (Wildman–Crippen LogP) is 3.22. The van der Waals surface area contributed by atoms with Crippen LogP contribution in [-0.2, 0) is 11.2 Å². The van der Waals surface area contributed by atoms with Gasteiger partial charge < -0.3 is 9.84 Å². The molecular formula is C15H20F2O2. The number of ether oxygens (including phenoxy) is 1. The normalized spacial score (nSPS) is 31.4. The maximum Gasteiger partial charge on any atom is 0.159 e. The average Bonchev–Trinajstić information content (AvgIpc) is 2.33. The Morgan fingerprint density at radius 2 is 2.05 bits per heavy atom. The van der Waals surface area contributed by atoms with Gasteiger partial charge in [-0.05, 0) is 37.5 Å². The molecule has 0 aliphatic carbocycles. The van der Waals surface area contributed by atoms with Gasteiger partial charge in [-0.1, -0.05) is 13.0 Å². The van der Waals surface area contributed by atoms with Gasteiger partial charge >= 0.3 is 0 Å². The van der Waals surface area contributed by atoms with E-state index in [0.29, 0.717) is 31.4 Å². The summed E-state index contributed by atoms with van der Waals surface area (Å²) in [6.07, 6.45) is 2.16. The van der Waals surface area contributed by atoms with Crippen LogP contribution in [0.5, 0.6) is 0 Å². The standard InChI is InChI=1S/C15H20F2O2/c1-3-14(2)10-15(18,6-7-19-14)9-11-4-5-12(16)13(17)8-11/h4-5,8,18H,3,6-7,9-10H2,1-2H3. The van der Waals surface area contributed by atoms with E-state index in [9.17, 15) is 13.9 Å². The molecule has 2 rings (SSSR count). The summed E-state index contributed by atoms with van der Waals surface area (Å²) in [5.74, 6) is -1.73. The van der Waals surface area contributed by atoms with Crippen molar-refractivity contribution in [2.24, 2.45) is 0 Å². The van der Waals surface area contributed by atoms with Gasteiger partial charge in [-0.15, -0.1) is 0 Å². The van der Waals surface area contributed by atoms with Crippen molar-refractivity contribution in [3.8, 4) is 0 Å². The van der Waals surface area contributed by atoms with E-state index in [0.717, 1.165) is 18.6 Å². The highest BCUT2D eigenvalue weighted by atomic mass is 19.2.